The van der Waals surface area contributed by atoms with Gasteiger partial charge in [-0.05, 0) is 45.4 Å². The normalized spacial score (nSPS) is 15.5. The van der Waals surface area contributed by atoms with Gasteiger partial charge < -0.3 is 20.1 Å². The lowest BCUT2D eigenvalue weighted by molar-refractivity contribution is 0.0762. The minimum absolute atomic E-state index is 0.000251. The van der Waals surface area contributed by atoms with E-state index in [1.165, 1.54) is 0 Å². The second kappa shape index (κ2) is 7.13. The van der Waals surface area contributed by atoms with Crippen LogP contribution in [0.1, 0.15) is 36.5 Å². The number of carbonyl (C=O) groups is 2. The molecule has 134 valence electrons. The van der Waals surface area contributed by atoms with Crippen molar-refractivity contribution in [1.29, 1.82) is 0 Å². The number of nitrogens with one attached hydrogen (secondary N) is 2. The molecule has 1 aliphatic heterocycles. The molecule has 0 bridgehead atoms. The van der Waals surface area contributed by atoms with E-state index in [2.05, 4.69) is 15.3 Å². The SMILES string of the molecule is Cc1nc2ccc(C(=O)N3CCCN(C(=O)NC(C)C)CC3)cc2[nH]1. The summed E-state index contributed by atoms with van der Waals surface area (Å²) in [6, 6.07) is 5.59. The van der Waals surface area contributed by atoms with Gasteiger partial charge in [-0.3, -0.25) is 4.79 Å². The van der Waals surface area contributed by atoms with Gasteiger partial charge in [-0.2, -0.15) is 0 Å². The van der Waals surface area contributed by atoms with Crippen LogP contribution in [-0.4, -0.2) is 63.9 Å². The maximum absolute atomic E-state index is 12.8. The molecule has 7 heteroatoms. The number of hydrogen-bond acceptors (Lipinski definition) is 3. The third-order valence-corrected chi connectivity index (χ3v) is 4.33. The number of nitrogens with zero attached hydrogens (tertiary/aromatic N) is 3. The standard InChI is InChI=1S/C18H25N5O2/c1-12(2)19-18(25)23-8-4-7-22(9-10-23)17(24)14-5-6-15-16(11-14)21-13(3)20-15/h5-6,11-12H,4,7-10H2,1-3H3,(H,19,25)(H,20,21). The number of amides is 3. The average Bonchev–Trinajstić information content (AvgIpc) is 2.77. The fraction of sp³-hybridized carbons (Fsp3) is 0.500. The first-order valence-electron chi connectivity index (χ1n) is 8.75. The summed E-state index contributed by atoms with van der Waals surface area (Å²) in [6.07, 6.45) is 0.780. The summed E-state index contributed by atoms with van der Waals surface area (Å²) in [7, 11) is 0. The van der Waals surface area contributed by atoms with Crippen LogP contribution in [0.2, 0.25) is 0 Å². The molecule has 0 radical (unpaired) electrons. The fourth-order valence-corrected chi connectivity index (χ4v) is 3.11. The van der Waals surface area contributed by atoms with Gasteiger partial charge in [0.05, 0.1) is 11.0 Å². The quantitative estimate of drug-likeness (QED) is 0.876. The van der Waals surface area contributed by atoms with Gasteiger partial charge in [0.25, 0.3) is 5.91 Å². The van der Waals surface area contributed by atoms with Gasteiger partial charge in [0.2, 0.25) is 0 Å². The molecule has 1 aliphatic rings. The van der Waals surface area contributed by atoms with Crippen molar-refractivity contribution in [3.8, 4) is 0 Å². The molecular formula is C18H25N5O2. The van der Waals surface area contributed by atoms with Crippen LogP contribution in [0, 0.1) is 6.92 Å². The molecular weight excluding hydrogens is 318 g/mol. The molecule has 2 heterocycles. The van der Waals surface area contributed by atoms with E-state index in [0.717, 1.165) is 23.3 Å². The second-order valence-corrected chi connectivity index (χ2v) is 6.79. The van der Waals surface area contributed by atoms with Crippen molar-refractivity contribution in [3.05, 3.63) is 29.6 Å². The van der Waals surface area contributed by atoms with Crippen LogP contribution < -0.4 is 5.32 Å². The zero-order valence-corrected chi connectivity index (χ0v) is 15.0. The number of urea groups is 1. The number of rotatable bonds is 2. The second-order valence-electron chi connectivity index (χ2n) is 6.79. The van der Waals surface area contributed by atoms with E-state index < -0.39 is 0 Å². The van der Waals surface area contributed by atoms with Crippen LogP contribution in [0.3, 0.4) is 0 Å². The van der Waals surface area contributed by atoms with Crippen LogP contribution >= 0.6 is 0 Å². The maximum atomic E-state index is 12.8. The monoisotopic (exact) mass is 343 g/mol. The predicted molar refractivity (Wildman–Crippen MR) is 96.6 cm³/mol. The lowest BCUT2D eigenvalue weighted by atomic mass is 10.1. The third-order valence-electron chi connectivity index (χ3n) is 4.33. The van der Waals surface area contributed by atoms with Crippen molar-refractivity contribution in [2.45, 2.75) is 33.2 Å². The Morgan fingerprint density at radius 2 is 1.88 bits per heavy atom. The van der Waals surface area contributed by atoms with Crippen LogP contribution in [0.5, 0.6) is 0 Å². The van der Waals surface area contributed by atoms with Gasteiger partial charge in [-0.25, -0.2) is 9.78 Å². The number of aromatic amines is 1. The summed E-state index contributed by atoms with van der Waals surface area (Å²) in [5.74, 6) is 0.835. The predicted octanol–water partition coefficient (Wildman–Crippen LogP) is 2.14. The lowest BCUT2D eigenvalue weighted by Crippen LogP contribution is -2.44. The Kier molecular flexibility index (Phi) is 4.92. The zero-order chi connectivity index (χ0) is 18.0. The number of carbonyl (C=O) groups excluding carboxylic acids is 2. The Morgan fingerprint density at radius 1 is 1.16 bits per heavy atom. The number of hydrogen-bond donors (Lipinski definition) is 2. The number of aromatic nitrogens is 2. The summed E-state index contributed by atoms with van der Waals surface area (Å²) in [5.41, 5.74) is 2.38. The van der Waals surface area contributed by atoms with E-state index in [1.807, 2.05) is 43.9 Å². The average molecular weight is 343 g/mol. The van der Waals surface area contributed by atoms with Crippen LogP contribution in [0.15, 0.2) is 18.2 Å². The van der Waals surface area contributed by atoms with Crippen LogP contribution in [0.25, 0.3) is 11.0 Å². The van der Waals surface area contributed by atoms with Gasteiger partial charge in [-0.15, -0.1) is 0 Å². The largest absolute Gasteiger partial charge is 0.342 e. The highest BCUT2D eigenvalue weighted by Crippen LogP contribution is 2.16. The summed E-state index contributed by atoms with van der Waals surface area (Å²) in [5, 5.41) is 2.91. The van der Waals surface area contributed by atoms with E-state index in [4.69, 9.17) is 0 Å². The molecule has 25 heavy (non-hydrogen) atoms. The van der Waals surface area contributed by atoms with Crippen molar-refractivity contribution in [1.82, 2.24) is 25.1 Å². The Hall–Kier alpha value is -2.57. The molecule has 0 atom stereocenters. The molecule has 3 rings (SSSR count). The van der Waals surface area contributed by atoms with E-state index in [1.54, 1.807) is 4.90 Å². The summed E-state index contributed by atoms with van der Waals surface area (Å²) >= 11 is 0. The summed E-state index contributed by atoms with van der Waals surface area (Å²) in [6.45, 7) is 8.20. The molecule has 1 aromatic carbocycles. The molecule has 2 aromatic rings. The van der Waals surface area contributed by atoms with E-state index in [-0.39, 0.29) is 18.0 Å². The first-order chi connectivity index (χ1) is 11.9. The highest BCUT2D eigenvalue weighted by atomic mass is 16.2. The van der Waals surface area contributed by atoms with Gasteiger partial charge in [0, 0.05) is 37.8 Å². The third kappa shape index (κ3) is 3.92. The topological polar surface area (TPSA) is 81.3 Å². The Labute approximate surface area is 147 Å². The molecule has 7 nitrogen and oxygen atoms in total. The minimum atomic E-state index is -0.0568. The minimum Gasteiger partial charge on any atom is -0.342 e. The smallest absolute Gasteiger partial charge is 0.317 e. The van der Waals surface area contributed by atoms with Crippen LogP contribution in [-0.2, 0) is 0 Å². The molecule has 0 spiro atoms. The highest BCUT2D eigenvalue weighted by Gasteiger charge is 2.23. The molecule has 1 aromatic heterocycles. The first kappa shape index (κ1) is 17.3. The Morgan fingerprint density at radius 3 is 2.64 bits per heavy atom. The van der Waals surface area contributed by atoms with Gasteiger partial charge >= 0.3 is 6.03 Å². The summed E-state index contributed by atoms with van der Waals surface area (Å²) < 4.78 is 0. The molecule has 1 fully saturated rings. The number of benzene rings is 1. The lowest BCUT2D eigenvalue weighted by Gasteiger charge is -2.23. The Bertz CT molecular complexity index is 783. The molecule has 1 saturated heterocycles. The van der Waals surface area contributed by atoms with Gasteiger partial charge in [-0.1, -0.05) is 0 Å². The molecule has 2 N–H and O–H groups in total. The Balaban J connectivity index is 1.68. The van der Waals surface area contributed by atoms with Crippen molar-refractivity contribution >= 4 is 23.0 Å². The van der Waals surface area contributed by atoms with E-state index >= 15 is 0 Å². The van der Waals surface area contributed by atoms with Crippen molar-refractivity contribution in [2.75, 3.05) is 26.2 Å². The zero-order valence-electron chi connectivity index (χ0n) is 15.0. The summed E-state index contributed by atoms with van der Waals surface area (Å²) in [4.78, 5) is 36.1. The van der Waals surface area contributed by atoms with E-state index in [9.17, 15) is 9.59 Å². The molecule has 0 saturated carbocycles. The van der Waals surface area contributed by atoms with Gasteiger partial charge in [0.15, 0.2) is 0 Å². The van der Waals surface area contributed by atoms with Gasteiger partial charge in [0.1, 0.15) is 5.82 Å². The number of H-pyrrole nitrogens is 1. The molecule has 3 amide bonds. The highest BCUT2D eigenvalue weighted by molar-refractivity contribution is 5.97. The fourth-order valence-electron chi connectivity index (χ4n) is 3.11. The molecule has 0 unspecified atom stereocenters. The molecule has 0 aliphatic carbocycles. The number of fused-ring (bicyclic) bond motifs is 1. The van der Waals surface area contributed by atoms with Crippen molar-refractivity contribution < 1.29 is 9.59 Å². The number of aryl methyl sites for hydroxylation is 1. The van der Waals surface area contributed by atoms with Crippen molar-refractivity contribution in [3.63, 3.8) is 0 Å². The van der Waals surface area contributed by atoms with E-state index in [0.29, 0.717) is 31.7 Å². The maximum Gasteiger partial charge on any atom is 0.317 e. The van der Waals surface area contributed by atoms with Crippen LogP contribution in [0.4, 0.5) is 4.79 Å². The van der Waals surface area contributed by atoms with Crippen molar-refractivity contribution in [2.24, 2.45) is 0 Å². The number of imidazole rings is 1. The first-order valence-corrected chi connectivity index (χ1v) is 8.75.